The smallest absolute Gasteiger partial charge is 0.258 e. The Labute approximate surface area is 171 Å². The van der Waals surface area contributed by atoms with Gasteiger partial charge in [0.15, 0.2) is 18.1 Å². The number of para-hydroxylation sites is 3. The zero-order valence-corrected chi connectivity index (χ0v) is 16.8. The molecule has 3 rings (SSSR count). The first-order valence-corrected chi connectivity index (χ1v) is 9.72. The summed E-state index contributed by atoms with van der Waals surface area (Å²) in [5.41, 5.74) is 1.16. The van der Waals surface area contributed by atoms with Crippen molar-refractivity contribution in [2.45, 2.75) is 13.0 Å². The molecular formula is C22H27N3O4. The summed E-state index contributed by atoms with van der Waals surface area (Å²) in [5.74, 6) is 0.616. The first-order valence-electron chi connectivity index (χ1n) is 9.72. The van der Waals surface area contributed by atoms with Gasteiger partial charge in [0.1, 0.15) is 6.04 Å². The van der Waals surface area contributed by atoms with Crippen molar-refractivity contribution in [3.63, 3.8) is 0 Å². The zero-order chi connectivity index (χ0) is 20.6. The van der Waals surface area contributed by atoms with Gasteiger partial charge in [-0.3, -0.25) is 9.59 Å². The number of rotatable bonds is 7. The van der Waals surface area contributed by atoms with E-state index in [1.54, 1.807) is 37.1 Å². The highest BCUT2D eigenvalue weighted by molar-refractivity contribution is 5.88. The zero-order valence-electron chi connectivity index (χ0n) is 16.8. The highest BCUT2D eigenvalue weighted by Crippen LogP contribution is 2.25. The van der Waals surface area contributed by atoms with Gasteiger partial charge in [-0.1, -0.05) is 30.3 Å². The number of ether oxygens (including phenoxy) is 2. The van der Waals surface area contributed by atoms with Crippen molar-refractivity contribution in [3.8, 4) is 11.5 Å². The SMILES string of the molecule is COc1ccccc1OCC(=O)N[C@@H](C)C(=O)N1CCN(c2ccccc2)CC1. The minimum absolute atomic E-state index is 0.0802. The van der Waals surface area contributed by atoms with Gasteiger partial charge in [0.05, 0.1) is 7.11 Å². The Hall–Kier alpha value is -3.22. The number of carbonyl (C=O) groups excluding carboxylic acids is 2. The van der Waals surface area contributed by atoms with Crippen molar-refractivity contribution in [2.75, 3.05) is 44.8 Å². The fraction of sp³-hybridized carbons (Fsp3) is 0.364. The second kappa shape index (κ2) is 9.82. The van der Waals surface area contributed by atoms with Gasteiger partial charge in [-0.15, -0.1) is 0 Å². The third kappa shape index (κ3) is 5.40. The molecule has 7 nitrogen and oxygen atoms in total. The average molecular weight is 397 g/mol. The molecule has 2 aromatic rings. The molecule has 1 fully saturated rings. The van der Waals surface area contributed by atoms with Crippen LogP contribution in [0.25, 0.3) is 0 Å². The van der Waals surface area contributed by atoms with E-state index < -0.39 is 6.04 Å². The number of piperazine rings is 1. The molecule has 0 saturated carbocycles. The lowest BCUT2D eigenvalue weighted by Crippen LogP contribution is -2.54. The number of amides is 2. The first kappa shape index (κ1) is 20.5. The van der Waals surface area contributed by atoms with E-state index in [4.69, 9.17) is 9.47 Å². The molecule has 0 spiro atoms. The minimum atomic E-state index is -0.605. The van der Waals surface area contributed by atoms with E-state index in [-0.39, 0.29) is 18.4 Å². The monoisotopic (exact) mass is 397 g/mol. The van der Waals surface area contributed by atoms with Crippen LogP contribution in [0.4, 0.5) is 5.69 Å². The molecule has 1 aliphatic heterocycles. The summed E-state index contributed by atoms with van der Waals surface area (Å²) < 4.78 is 10.7. The van der Waals surface area contributed by atoms with Crippen LogP contribution < -0.4 is 19.7 Å². The fourth-order valence-electron chi connectivity index (χ4n) is 3.32. The highest BCUT2D eigenvalue weighted by Gasteiger charge is 2.26. The van der Waals surface area contributed by atoms with E-state index in [2.05, 4.69) is 22.3 Å². The van der Waals surface area contributed by atoms with Gasteiger partial charge in [0, 0.05) is 31.9 Å². The van der Waals surface area contributed by atoms with E-state index in [0.717, 1.165) is 18.8 Å². The molecular weight excluding hydrogens is 370 g/mol. The standard InChI is InChI=1S/C22H27N3O4/c1-17(23-21(26)16-29-20-11-7-6-10-19(20)28-2)22(27)25-14-12-24(13-15-25)18-8-4-3-5-9-18/h3-11,17H,12-16H2,1-2H3,(H,23,26)/t17-/m0/s1. The van der Waals surface area contributed by atoms with Crippen LogP contribution in [0.15, 0.2) is 54.6 Å². The topological polar surface area (TPSA) is 71.1 Å². The predicted molar refractivity (Wildman–Crippen MR) is 111 cm³/mol. The highest BCUT2D eigenvalue weighted by atomic mass is 16.5. The molecule has 1 atom stereocenters. The molecule has 1 heterocycles. The molecule has 0 radical (unpaired) electrons. The maximum absolute atomic E-state index is 12.7. The van der Waals surface area contributed by atoms with Gasteiger partial charge >= 0.3 is 0 Å². The largest absolute Gasteiger partial charge is 0.493 e. The van der Waals surface area contributed by atoms with E-state index in [9.17, 15) is 9.59 Å². The number of hydrogen-bond donors (Lipinski definition) is 1. The van der Waals surface area contributed by atoms with Crippen molar-refractivity contribution in [3.05, 3.63) is 54.6 Å². The quantitative estimate of drug-likeness (QED) is 0.773. The maximum atomic E-state index is 12.7. The third-order valence-electron chi connectivity index (χ3n) is 4.89. The van der Waals surface area contributed by atoms with Crippen LogP contribution in [-0.4, -0.2) is 62.7 Å². The number of anilines is 1. The first-order chi connectivity index (χ1) is 14.1. The normalized spacial score (nSPS) is 14.8. The van der Waals surface area contributed by atoms with Crippen LogP contribution >= 0.6 is 0 Å². The Kier molecular flexibility index (Phi) is 6.94. The van der Waals surface area contributed by atoms with Crippen LogP contribution in [0.2, 0.25) is 0 Å². The number of benzene rings is 2. The van der Waals surface area contributed by atoms with Crippen molar-refractivity contribution >= 4 is 17.5 Å². The van der Waals surface area contributed by atoms with Crippen LogP contribution in [0, 0.1) is 0 Å². The molecule has 0 aromatic heterocycles. The fourth-order valence-corrected chi connectivity index (χ4v) is 3.32. The molecule has 2 aromatic carbocycles. The predicted octanol–water partition coefficient (Wildman–Crippen LogP) is 1.93. The minimum Gasteiger partial charge on any atom is -0.493 e. The second-order valence-electron chi connectivity index (χ2n) is 6.88. The third-order valence-corrected chi connectivity index (χ3v) is 4.89. The molecule has 1 saturated heterocycles. The molecule has 7 heteroatoms. The Morgan fingerprint density at radius 2 is 1.59 bits per heavy atom. The van der Waals surface area contributed by atoms with E-state index in [1.165, 1.54) is 0 Å². The molecule has 0 unspecified atom stereocenters. The maximum Gasteiger partial charge on any atom is 0.258 e. The Morgan fingerprint density at radius 1 is 0.966 bits per heavy atom. The Bertz CT molecular complexity index is 820. The summed E-state index contributed by atoms with van der Waals surface area (Å²) in [6.45, 7) is 4.32. The van der Waals surface area contributed by atoms with Crippen molar-refractivity contribution < 1.29 is 19.1 Å². The van der Waals surface area contributed by atoms with Crippen LogP contribution in [0.1, 0.15) is 6.92 Å². The van der Waals surface area contributed by atoms with Gasteiger partial charge in [-0.2, -0.15) is 0 Å². The van der Waals surface area contributed by atoms with Crippen molar-refractivity contribution in [2.24, 2.45) is 0 Å². The molecule has 2 amide bonds. The molecule has 1 N–H and O–H groups in total. The second-order valence-corrected chi connectivity index (χ2v) is 6.88. The summed E-state index contributed by atoms with van der Waals surface area (Å²) >= 11 is 0. The molecule has 154 valence electrons. The number of hydrogen-bond acceptors (Lipinski definition) is 5. The average Bonchev–Trinajstić information content (AvgIpc) is 2.78. The van der Waals surface area contributed by atoms with Crippen molar-refractivity contribution in [1.82, 2.24) is 10.2 Å². The Morgan fingerprint density at radius 3 is 2.24 bits per heavy atom. The van der Waals surface area contributed by atoms with E-state index >= 15 is 0 Å². The number of nitrogens with one attached hydrogen (secondary N) is 1. The molecule has 0 bridgehead atoms. The van der Waals surface area contributed by atoms with E-state index in [0.29, 0.717) is 24.6 Å². The lowest BCUT2D eigenvalue weighted by Gasteiger charge is -2.37. The number of methoxy groups -OCH3 is 1. The summed E-state index contributed by atoms with van der Waals surface area (Å²) in [6.07, 6.45) is 0. The summed E-state index contributed by atoms with van der Waals surface area (Å²) in [4.78, 5) is 28.9. The summed E-state index contributed by atoms with van der Waals surface area (Å²) in [7, 11) is 1.54. The summed E-state index contributed by atoms with van der Waals surface area (Å²) in [5, 5.41) is 2.72. The Balaban J connectivity index is 1.45. The van der Waals surface area contributed by atoms with Crippen LogP contribution in [0.5, 0.6) is 11.5 Å². The number of nitrogens with zero attached hydrogens (tertiary/aromatic N) is 2. The van der Waals surface area contributed by atoms with E-state index in [1.807, 2.05) is 24.3 Å². The van der Waals surface area contributed by atoms with Gasteiger partial charge in [-0.05, 0) is 31.2 Å². The number of carbonyl (C=O) groups is 2. The van der Waals surface area contributed by atoms with Gasteiger partial charge < -0.3 is 24.6 Å². The lowest BCUT2D eigenvalue weighted by atomic mass is 10.2. The molecule has 1 aliphatic rings. The lowest BCUT2D eigenvalue weighted by molar-refractivity contribution is -0.136. The van der Waals surface area contributed by atoms with Crippen molar-refractivity contribution in [1.29, 1.82) is 0 Å². The molecule has 29 heavy (non-hydrogen) atoms. The summed E-state index contributed by atoms with van der Waals surface area (Å²) in [6, 6.07) is 16.7. The van der Waals surface area contributed by atoms with Gasteiger partial charge in [0.2, 0.25) is 5.91 Å². The van der Waals surface area contributed by atoms with Crippen LogP contribution in [0.3, 0.4) is 0 Å². The van der Waals surface area contributed by atoms with Gasteiger partial charge in [-0.25, -0.2) is 0 Å². The van der Waals surface area contributed by atoms with Gasteiger partial charge in [0.25, 0.3) is 5.91 Å². The van der Waals surface area contributed by atoms with Crippen LogP contribution in [-0.2, 0) is 9.59 Å². The molecule has 0 aliphatic carbocycles.